The third-order valence-electron chi connectivity index (χ3n) is 11.3. The number of anilines is 3. The lowest BCUT2D eigenvalue weighted by molar-refractivity contribution is 0.672. The summed E-state index contributed by atoms with van der Waals surface area (Å²) in [6.07, 6.45) is 0. The maximum atomic E-state index is 6.51. The van der Waals surface area contributed by atoms with Crippen molar-refractivity contribution in [3.8, 4) is 33.4 Å². The second-order valence-corrected chi connectivity index (χ2v) is 14.5. The Morgan fingerprint density at radius 3 is 1.41 bits per heavy atom. The summed E-state index contributed by atoms with van der Waals surface area (Å²) in [7, 11) is 0. The average Bonchev–Trinajstić information content (AvgIpc) is 3.65. The zero-order chi connectivity index (χ0) is 37.0. The van der Waals surface area contributed by atoms with Gasteiger partial charge < -0.3 is 9.32 Å². The van der Waals surface area contributed by atoms with Crippen molar-refractivity contribution in [2.24, 2.45) is 0 Å². The minimum absolute atomic E-state index is 0.891. The Balaban J connectivity index is 1.06. The average molecular weight is 714 g/mol. The van der Waals surface area contributed by atoms with Gasteiger partial charge >= 0.3 is 0 Å². The van der Waals surface area contributed by atoms with Crippen LogP contribution in [0.25, 0.3) is 87.6 Å². The molecular weight excluding hydrogens is 679 g/mol. The lowest BCUT2D eigenvalue weighted by Crippen LogP contribution is -2.11. The summed E-state index contributed by atoms with van der Waals surface area (Å²) in [6.45, 7) is 0. The van der Waals surface area contributed by atoms with Crippen LogP contribution in [-0.2, 0) is 0 Å². The van der Waals surface area contributed by atoms with E-state index >= 15 is 0 Å². The third kappa shape index (κ3) is 5.34. The van der Waals surface area contributed by atoms with Gasteiger partial charge in [0.2, 0.25) is 0 Å². The molecule has 11 aromatic rings. The Morgan fingerprint density at radius 1 is 0.304 bits per heavy atom. The molecule has 0 aliphatic carbocycles. The van der Waals surface area contributed by atoms with Gasteiger partial charge in [-0.25, -0.2) is 0 Å². The standard InChI is InChI=1S/C54H35NO/c1-4-16-44-36(11-1)14-9-20-46(44)39-23-29-42(30-24-39)55(43-31-25-40(26-32-43)47-21-10-15-37-12-2-5-17-45(37)47)52-22-8-7-18-48(52)41-28-34-53-51(35-41)50-33-27-38-13-3-6-19-49(38)54(50)56-53/h1-35H. The van der Waals surface area contributed by atoms with Crippen LogP contribution in [-0.4, -0.2) is 0 Å². The molecule has 56 heavy (non-hydrogen) atoms. The van der Waals surface area contributed by atoms with Gasteiger partial charge in [-0.1, -0.05) is 164 Å². The van der Waals surface area contributed by atoms with Crippen LogP contribution in [0.5, 0.6) is 0 Å². The van der Waals surface area contributed by atoms with E-state index in [0.717, 1.165) is 55.5 Å². The lowest BCUT2D eigenvalue weighted by Gasteiger charge is -2.28. The van der Waals surface area contributed by atoms with Gasteiger partial charge in [0.1, 0.15) is 11.2 Å². The molecule has 2 nitrogen and oxygen atoms in total. The lowest BCUT2D eigenvalue weighted by atomic mass is 9.96. The van der Waals surface area contributed by atoms with Gasteiger partial charge in [-0.2, -0.15) is 0 Å². The molecule has 1 aromatic heterocycles. The SMILES string of the molecule is c1ccc(N(c2ccc(-c3cccc4ccccc34)cc2)c2ccc(-c3cccc4ccccc34)cc2)c(-c2ccc3oc4c5ccccc5ccc4c3c2)c1. The molecule has 11 rings (SSSR count). The summed E-state index contributed by atoms with van der Waals surface area (Å²) in [6, 6.07) is 76.5. The number of hydrogen-bond donors (Lipinski definition) is 0. The molecule has 2 heteroatoms. The fourth-order valence-corrected chi connectivity index (χ4v) is 8.55. The number of fused-ring (bicyclic) bond motifs is 7. The van der Waals surface area contributed by atoms with Crippen LogP contribution >= 0.6 is 0 Å². The molecule has 0 unspecified atom stereocenters. The van der Waals surface area contributed by atoms with E-state index in [0.29, 0.717) is 0 Å². The summed E-state index contributed by atoms with van der Waals surface area (Å²) in [4.78, 5) is 2.39. The van der Waals surface area contributed by atoms with E-state index in [2.05, 4.69) is 217 Å². The first kappa shape index (κ1) is 32.0. The topological polar surface area (TPSA) is 16.4 Å². The summed E-state index contributed by atoms with van der Waals surface area (Å²) in [5, 5.41) is 9.55. The smallest absolute Gasteiger partial charge is 0.143 e. The van der Waals surface area contributed by atoms with Crippen LogP contribution in [0.1, 0.15) is 0 Å². The van der Waals surface area contributed by atoms with Crippen molar-refractivity contribution < 1.29 is 4.42 Å². The molecule has 0 aliphatic heterocycles. The van der Waals surface area contributed by atoms with Crippen LogP contribution < -0.4 is 4.90 Å². The van der Waals surface area contributed by atoms with E-state index in [1.807, 2.05) is 0 Å². The first-order valence-corrected chi connectivity index (χ1v) is 19.2. The fraction of sp³-hybridized carbons (Fsp3) is 0. The molecule has 0 N–H and O–H groups in total. The fourth-order valence-electron chi connectivity index (χ4n) is 8.55. The number of hydrogen-bond acceptors (Lipinski definition) is 2. The quantitative estimate of drug-likeness (QED) is 0.171. The zero-order valence-electron chi connectivity index (χ0n) is 30.6. The molecule has 0 aliphatic rings. The van der Waals surface area contributed by atoms with Gasteiger partial charge in [0.25, 0.3) is 0 Å². The van der Waals surface area contributed by atoms with Gasteiger partial charge in [-0.15, -0.1) is 0 Å². The Morgan fingerprint density at radius 2 is 0.786 bits per heavy atom. The van der Waals surface area contributed by atoms with E-state index in [1.165, 1.54) is 49.2 Å². The zero-order valence-corrected chi connectivity index (χ0v) is 30.6. The normalized spacial score (nSPS) is 11.6. The summed E-state index contributed by atoms with van der Waals surface area (Å²) >= 11 is 0. The van der Waals surface area contributed by atoms with E-state index < -0.39 is 0 Å². The van der Waals surface area contributed by atoms with E-state index in [-0.39, 0.29) is 0 Å². The summed E-state index contributed by atoms with van der Waals surface area (Å²) < 4.78 is 6.51. The number of nitrogens with zero attached hydrogens (tertiary/aromatic N) is 1. The van der Waals surface area contributed by atoms with E-state index in [1.54, 1.807) is 0 Å². The highest BCUT2D eigenvalue weighted by molar-refractivity contribution is 6.15. The summed E-state index contributed by atoms with van der Waals surface area (Å²) in [5.41, 5.74) is 12.2. The van der Waals surface area contributed by atoms with Crippen molar-refractivity contribution in [2.45, 2.75) is 0 Å². The Kier molecular flexibility index (Phi) is 7.53. The molecule has 0 fully saturated rings. The number of benzene rings is 10. The van der Waals surface area contributed by atoms with Crippen LogP contribution in [0.3, 0.4) is 0 Å². The van der Waals surface area contributed by atoms with Crippen molar-refractivity contribution in [1.29, 1.82) is 0 Å². The van der Waals surface area contributed by atoms with Crippen LogP contribution in [0.4, 0.5) is 17.1 Å². The van der Waals surface area contributed by atoms with Crippen molar-refractivity contribution in [3.63, 3.8) is 0 Å². The Bertz CT molecular complexity index is 3110. The van der Waals surface area contributed by atoms with Crippen LogP contribution in [0.2, 0.25) is 0 Å². The Hall–Kier alpha value is -7.42. The summed E-state index contributed by atoms with van der Waals surface area (Å²) in [5.74, 6) is 0. The largest absolute Gasteiger partial charge is 0.455 e. The van der Waals surface area contributed by atoms with Crippen molar-refractivity contribution in [1.82, 2.24) is 0 Å². The monoisotopic (exact) mass is 713 g/mol. The molecule has 262 valence electrons. The molecule has 1 heterocycles. The highest BCUT2D eigenvalue weighted by Gasteiger charge is 2.19. The number of para-hydroxylation sites is 1. The number of rotatable bonds is 6. The van der Waals surface area contributed by atoms with Gasteiger partial charge in [0.15, 0.2) is 0 Å². The maximum absolute atomic E-state index is 6.51. The number of furan rings is 1. The molecular formula is C54H35NO. The molecule has 0 saturated heterocycles. The minimum Gasteiger partial charge on any atom is -0.455 e. The predicted molar refractivity (Wildman–Crippen MR) is 237 cm³/mol. The van der Waals surface area contributed by atoms with Gasteiger partial charge in [-0.3, -0.25) is 0 Å². The van der Waals surface area contributed by atoms with E-state index in [4.69, 9.17) is 4.42 Å². The van der Waals surface area contributed by atoms with Crippen molar-refractivity contribution in [3.05, 3.63) is 212 Å². The first-order chi connectivity index (χ1) is 27.8. The van der Waals surface area contributed by atoms with Crippen molar-refractivity contribution in [2.75, 3.05) is 4.90 Å². The molecule has 0 saturated carbocycles. The molecule has 0 atom stereocenters. The molecule has 0 bridgehead atoms. The molecule has 10 aromatic carbocycles. The minimum atomic E-state index is 0.891. The molecule has 0 radical (unpaired) electrons. The van der Waals surface area contributed by atoms with Gasteiger partial charge in [0.05, 0.1) is 5.69 Å². The Labute approximate surface area is 325 Å². The van der Waals surface area contributed by atoms with Crippen LogP contribution in [0, 0.1) is 0 Å². The third-order valence-corrected chi connectivity index (χ3v) is 11.3. The molecule has 0 amide bonds. The van der Waals surface area contributed by atoms with Gasteiger partial charge in [-0.05, 0) is 103 Å². The van der Waals surface area contributed by atoms with Crippen molar-refractivity contribution >= 4 is 71.3 Å². The predicted octanol–water partition coefficient (Wildman–Crippen LogP) is 15.5. The maximum Gasteiger partial charge on any atom is 0.143 e. The van der Waals surface area contributed by atoms with Crippen LogP contribution in [0.15, 0.2) is 217 Å². The highest BCUT2D eigenvalue weighted by atomic mass is 16.3. The molecule has 0 spiro atoms. The second kappa shape index (κ2) is 13.2. The second-order valence-electron chi connectivity index (χ2n) is 14.5. The van der Waals surface area contributed by atoms with E-state index in [9.17, 15) is 0 Å². The first-order valence-electron chi connectivity index (χ1n) is 19.2. The van der Waals surface area contributed by atoms with Gasteiger partial charge in [0, 0.05) is 33.1 Å². The highest BCUT2D eigenvalue weighted by Crippen LogP contribution is 2.44.